The van der Waals surface area contributed by atoms with Crippen LogP contribution < -0.4 is 0 Å². The first-order valence-corrected chi connectivity index (χ1v) is 8.42. The first-order chi connectivity index (χ1) is 10.7. The molecule has 0 saturated carbocycles. The number of hydrogen-bond acceptors (Lipinski definition) is 4. The highest BCUT2D eigenvalue weighted by molar-refractivity contribution is 5.71. The van der Waals surface area contributed by atoms with Crippen LogP contribution in [0, 0.1) is 0 Å². The molecule has 2 unspecified atom stereocenters. The van der Waals surface area contributed by atoms with Gasteiger partial charge in [0.2, 0.25) is 0 Å². The van der Waals surface area contributed by atoms with E-state index in [1.807, 2.05) is 12.3 Å². The summed E-state index contributed by atoms with van der Waals surface area (Å²) in [6.45, 7) is 7.64. The molecule has 5 nitrogen and oxygen atoms in total. The number of fused-ring (bicyclic) bond motifs is 1. The van der Waals surface area contributed by atoms with Crippen molar-refractivity contribution in [1.82, 2.24) is 19.4 Å². The summed E-state index contributed by atoms with van der Waals surface area (Å²) in [5, 5.41) is 0. The SMILES string of the molecule is CC(C)N1CCC(c2nc3cccnc3n2C2CCCO2)C1. The lowest BCUT2D eigenvalue weighted by atomic mass is 10.1. The van der Waals surface area contributed by atoms with E-state index in [1.54, 1.807) is 0 Å². The normalized spacial score (nSPS) is 26.5. The molecule has 22 heavy (non-hydrogen) atoms. The zero-order valence-electron chi connectivity index (χ0n) is 13.4. The highest BCUT2D eigenvalue weighted by Crippen LogP contribution is 2.35. The molecule has 2 fully saturated rings. The first-order valence-electron chi connectivity index (χ1n) is 8.42. The third-order valence-electron chi connectivity index (χ3n) is 4.98. The third-order valence-corrected chi connectivity index (χ3v) is 4.98. The predicted molar refractivity (Wildman–Crippen MR) is 85.8 cm³/mol. The fourth-order valence-corrected chi connectivity index (χ4v) is 3.75. The Kier molecular flexibility index (Phi) is 3.62. The molecular weight excluding hydrogens is 276 g/mol. The maximum Gasteiger partial charge on any atom is 0.162 e. The number of pyridine rings is 1. The van der Waals surface area contributed by atoms with E-state index in [1.165, 1.54) is 12.2 Å². The second-order valence-corrected chi connectivity index (χ2v) is 6.73. The lowest BCUT2D eigenvalue weighted by Crippen LogP contribution is -2.28. The third kappa shape index (κ3) is 2.32. The molecule has 0 aliphatic carbocycles. The van der Waals surface area contributed by atoms with Crippen LogP contribution in [0.2, 0.25) is 0 Å². The Balaban J connectivity index is 1.75. The second kappa shape index (κ2) is 5.63. The summed E-state index contributed by atoms with van der Waals surface area (Å²) in [6.07, 6.45) is 5.33. The van der Waals surface area contributed by atoms with Gasteiger partial charge in [-0.15, -0.1) is 0 Å². The van der Waals surface area contributed by atoms with E-state index in [-0.39, 0.29) is 6.23 Å². The second-order valence-electron chi connectivity index (χ2n) is 6.73. The molecule has 0 spiro atoms. The van der Waals surface area contributed by atoms with Gasteiger partial charge >= 0.3 is 0 Å². The van der Waals surface area contributed by atoms with Crippen LogP contribution in [0.5, 0.6) is 0 Å². The van der Waals surface area contributed by atoms with Crippen molar-refractivity contribution in [2.24, 2.45) is 0 Å². The Morgan fingerprint density at radius 1 is 1.32 bits per heavy atom. The topological polar surface area (TPSA) is 43.2 Å². The minimum absolute atomic E-state index is 0.114. The zero-order chi connectivity index (χ0) is 15.1. The monoisotopic (exact) mass is 300 g/mol. The zero-order valence-corrected chi connectivity index (χ0v) is 13.4. The van der Waals surface area contributed by atoms with Crippen LogP contribution in [0.3, 0.4) is 0 Å². The largest absolute Gasteiger partial charge is 0.358 e. The number of likely N-dealkylation sites (tertiary alicyclic amines) is 1. The Morgan fingerprint density at radius 3 is 2.95 bits per heavy atom. The van der Waals surface area contributed by atoms with Gasteiger partial charge in [0, 0.05) is 31.3 Å². The van der Waals surface area contributed by atoms with E-state index in [0.29, 0.717) is 12.0 Å². The molecule has 0 radical (unpaired) electrons. The Morgan fingerprint density at radius 2 is 2.23 bits per heavy atom. The first kappa shape index (κ1) is 14.2. The number of aromatic nitrogens is 3. The summed E-state index contributed by atoms with van der Waals surface area (Å²) in [5.41, 5.74) is 1.98. The van der Waals surface area contributed by atoms with Crippen molar-refractivity contribution in [2.75, 3.05) is 19.7 Å². The van der Waals surface area contributed by atoms with E-state index in [9.17, 15) is 0 Å². The van der Waals surface area contributed by atoms with E-state index >= 15 is 0 Å². The molecule has 5 heteroatoms. The quantitative estimate of drug-likeness (QED) is 0.874. The number of ether oxygens (including phenoxy) is 1. The molecule has 0 bridgehead atoms. The van der Waals surface area contributed by atoms with Gasteiger partial charge in [-0.05, 0) is 51.8 Å². The van der Waals surface area contributed by atoms with Crippen molar-refractivity contribution in [3.63, 3.8) is 0 Å². The molecule has 2 atom stereocenters. The van der Waals surface area contributed by atoms with Gasteiger partial charge in [0.05, 0.1) is 0 Å². The highest BCUT2D eigenvalue weighted by atomic mass is 16.5. The van der Waals surface area contributed by atoms with Gasteiger partial charge in [-0.3, -0.25) is 4.57 Å². The molecular formula is C17H24N4O. The molecule has 118 valence electrons. The van der Waals surface area contributed by atoms with Crippen LogP contribution in [-0.2, 0) is 4.74 Å². The lowest BCUT2D eigenvalue weighted by molar-refractivity contribution is 0.0562. The average molecular weight is 300 g/mol. The van der Waals surface area contributed by atoms with Crippen molar-refractivity contribution in [2.45, 2.75) is 51.3 Å². The summed E-state index contributed by atoms with van der Waals surface area (Å²) < 4.78 is 8.22. The number of rotatable bonds is 3. The molecule has 4 heterocycles. The van der Waals surface area contributed by atoms with Gasteiger partial charge in [-0.1, -0.05) is 0 Å². The van der Waals surface area contributed by atoms with Gasteiger partial charge in [0.25, 0.3) is 0 Å². The van der Waals surface area contributed by atoms with Crippen LogP contribution in [0.1, 0.15) is 51.1 Å². The summed E-state index contributed by atoms with van der Waals surface area (Å²) in [4.78, 5) is 12.0. The molecule has 2 aliphatic rings. The lowest BCUT2D eigenvalue weighted by Gasteiger charge is -2.21. The van der Waals surface area contributed by atoms with Crippen molar-refractivity contribution in [3.05, 3.63) is 24.2 Å². The van der Waals surface area contributed by atoms with E-state index < -0.39 is 0 Å². The number of nitrogens with zero attached hydrogens (tertiary/aromatic N) is 4. The minimum Gasteiger partial charge on any atom is -0.358 e. The van der Waals surface area contributed by atoms with Crippen molar-refractivity contribution in [1.29, 1.82) is 0 Å². The van der Waals surface area contributed by atoms with Crippen LogP contribution >= 0.6 is 0 Å². The van der Waals surface area contributed by atoms with Gasteiger partial charge in [0.1, 0.15) is 17.6 Å². The van der Waals surface area contributed by atoms with Crippen LogP contribution in [-0.4, -0.2) is 45.2 Å². The van der Waals surface area contributed by atoms with Crippen LogP contribution in [0.15, 0.2) is 18.3 Å². The smallest absolute Gasteiger partial charge is 0.162 e. The van der Waals surface area contributed by atoms with Crippen molar-refractivity contribution in [3.8, 4) is 0 Å². The maximum absolute atomic E-state index is 5.95. The van der Waals surface area contributed by atoms with Gasteiger partial charge < -0.3 is 9.64 Å². The highest BCUT2D eigenvalue weighted by Gasteiger charge is 2.32. The molecule has 0 N–H and O–H groups in total. The predicted octanol–water partition coefficient (Wildman–Crippen LogP) is 2.94. The molecule has 0 aromatic carbocycles. The molecule has 2 aromatic heterocycles. The maximum atomic E-state index is 5.95. The average Bonchev–Trinajstić information content (AvgIpc) is 3.24. The summed E-state index contributed by atoms with van der Waals surface area (Å²) in [7, 11) is 0. The van der Waals surface area contributed by atoms with Gasteiger partial charge in [-0.25, -0.2) is 9.97 Å². The fraction of sp³-hybridized carbons (Fsp3) is 0.647. The number of imidazole rings is 1. The van der Waals surface area contributed by atoms with Crippen molar-refractivity contribution < 1.29 is 4.74 Å². The molecule has 2 saturated heterocycles. The molecule has 2 aromatic rings. The van der Waals surface area contributed by atoms with E-state index in [4.69, 9.17) is 9.72 Å². The Hall–Kier alpha value is -1.46. The van der Waals surface area contributed by atoms with E-state index in [0.717, 1.165) is 43.7 Å². The minimum atomic E-state index is 0.114. The van der Waals surface area contributed by atoms with Gasteiger partial charge in [0.15, 0.2) is 5.65 Å². The summed E-state index contributed by atoms with van der Waals surface area (Å²) in [5.74, 6) is 1.66. The van der Waals surface area contributed by atoms with Crippen LogP contribution in [0.4, 0.5) is 0 Å². The fourth-order valence-electron chi connectivity index (χ4n) is 3.75. The molecule has 2 aliphatic heterocycles. The van der Waals surface area contributed by atoms with Crippen LogP contribution in [0.25, 0.3) is 11.2 Å². The standard InChI is InChI=1S/C17H24N4O/c1-12(2)20-9-7-13(11-20)16-19-14-5-3-8-18-17(14)21(16)15-6-4-10-22-15/h3,5,8,12-13,15H,4,6-7,9-11H2,1-2H3. The summed E-state index contributed by atoms with van der Waals surface area (Å²) in [6, 6.07) is 4.63. The number of hydrogen-bond donors (Lipinski definition) is 0. The van der Waals surface area contributed by atoms with E-state index in [2.05, 4.69) is 34.4 Å². The summed E-state index contributed by atoms with van der Waals surface area (Å²) >= 11 is 0. The Bertz CT molecular complexity index is 660. The molecule has 0 amide bonds. The van der Waals surface area contributed by atoms with Gasteiger partial charge in [-0.2, -0.15) is 0 Å². The Labute approximate surface area is 131 Å². The van der Waals surface area contributed by atoms with Crippen molar-refractivity contribution >= 4 is 11.2 Å². The molecule has 4 rings (SSSR count).